The summed E-state index contributed by atoms with van der Waals surface area (Å²) in [6, 6.07) is 24.6. The molecule has 0 radical (unpaired) electrons. The summed E-state index contributed by atoms with van der Waals surface area (Å²) in [5.74, 6) is 0.936. The Morgan fingerprint density at radius 3 is 2.63 bits per heavy atom. The molecule has 0 fully saturated rings. The Morgan fingerprint density at radius 2 is 1.77 bits per heavy atom. The summed E-state index contributed by atoms with van der Waals surface area (Å²) < 4.78 is 11.5. The molecule has 0 atom stereocenters. The number of amides is 1. The number of fused-ring (bicyclic) bond motifs is 2. The van der Waals surface area contributed by atoms with Gasteiger partial charge < -0.3 is 14.5 Å². The third kappa shape index (κ3) is 3.58. The van der Waals surface area contributed by atoms with Crippen LogP contribution in [0.15, 0.2) is 89.5 Å². The molecule has 3 aromatic carbocycles. The third-order valence-electron chi connectivity index (χ3n) is 4.69. The molecule has 0 aliphatic carbocycles. The van der Waals surface area contributed by atoms with E-state index in [1.165, 1.54) is 0 Å². The normalized spacial score (nSPS) is 10.9. The minimum Gasteiger partial charge on any atom is -0.483 e. The number of pyridine rings is 1. The van der Waals surface area contributed by atoms with E-state index in [2.05, 4.69) is 15.3 Å². The summed E-state index contributed by atoms with van der Waals surface area (Å²) in [5, 5.41) is 4.88. The van der Waals surface area contributed by atoms with Gasteiger partial charge in [-0.25, -0.2) is 4.98 Å². The lowest BCUT2D eigenvalue weighted by Crippen LogP contribution is -2.20. The van der Waals surface area contributed by atoms with Gasteiger partial charge in [-0.15, -0.1) is 0 Å². The summed E-state index contributed by atoms with van der Waals surface area (Å²) >= 11 is 0. The largest absolute Gasteiger partial charge is 0.483 e. The van der Waals surface area contributed by atoms with Crippen LogP contribution in [0.2, 0.25) is 0 Å². The Balaban J connectivity index is 1.25. The van der Waals surface area contributed by atoms with Gasteiger partial charge in [0, 0.05) is 22.8 Å². The second-order valence-electron chi connectivity index (χ2n) is 6.74. The highest BCUT2D eigenvalue weighted by Crippen LogP contribution is 2.26. The van der Waals surface area contributed by atoms with E-state index in [9.17, 15) is 4.79 Å². The van der Waals surface area contributed by atoms with E-state index in [0.29, 0.717) is 28.6 Å². The molecule has 5 aromatic rings. The second-order valence-corrected chi connectivity index (χ2v) is 6.74. The lowest BCUT2D eigenvalue weighted by molar-refractivity contribution is -0.118. The van der Waals surface area contributed by atoms with Gasteiger partial charge in [-0.1, -0.05) is 36.4 Å². The fraction of sp³-hybridized carbons (Fsp3) is 0.0417. The summed E-state index contributed by atoms with van der Waals surface area (Å²) in [4.78, 5) is 20.9. The zero-order valence-electron chi connectivity index (χ0n) is 15.9. The van der Waals surface area contributed by atoms with Crippen molar-refractivity contribution in [2.24, 2.45) is 0 Å². The van der Waals surface area contributed by atoms with Gasteiger partial charge in [0.05, 0.1) is 0 Å². The monoisotopic (exact) mass is 395 g/mol. The molecule has 1 amide bonds. The van der Waals surface area contributed by atoms with Crippen LogP contribution in [0.25, 0.3) is 33.5 Å². The molecule has 2 aromatic heterocycles. The number of carbonyl (C=O) groups excluding carboxylic acids is 1. The first-order chi connectivity index (χ1) is 14.8. The summed E-state index contributed by atoms with van der Waals surface area (Å²) in [5.41, 5.74) is 2.67. The van der Waals surface area contributed by atoms with E-state index >= 15 is 0 Å². The van der Waals surface area contributed by atoms with Crippen LogP contribution >= 0.6 is 0 Å². The predicted molar refractivity (Wildman–Crippen MR) is 115 cm³/mol. The van der Waals surface area contributed by atoms with Crippen LogP contribution in [0, 0.1) is 0 Å². The molecule has 0 bridgehead atoms. The Kier molecular flexibility index (Phi) is 4.57. The topological polar surface area (TPSA) is 77.2 Å². The van der Waals surface area contributed by atoms with Crippen LogP contribution in [-0.4, -0.2) is 22.5 Å². The summed E-state index contributed by atoms with van der Waals surface area (Å²) in [7, 11) is 0. The Morgan fingerprint density at radius 1 is 0.933 bits per heavy atom. The van der Waals surface area contributed by atoms with Gasteiger partial charge in [-0.2, -0.15) is 4.98 Å². The quantitative estimate of drug-likeness (QED) is 0.450. The SMILES string of the molecule is O=C(COc1cccc2ccccc12)Nc1ccc(-c2nc3ncccc3o2)cc1. The van der Waals surface area contributed by atoms with Crippen molar-refractivity contribution in [3.8, 4) is 17.2 Å². The molecular weight excluding hydrogens is 378 g/mol. The van der Waals surface area contributed by atoms with Crippen molar-refractivity contribution >= 4 is 33.6 Å². The molecule has 2 heterocycles. The minimum atomic E-state index is -0.234. The van der Waals surface area contributed by atoms with Crippen molar-refractivity contribution in [1.29, 1.82) is 0 Å². The maximum atomic E-state index is 12.3. The van der Waals surface area contributed by atoms with Crippen molar-refractivity contribution < 1.29 is 13.9 Å². The molecule has 0 unspecified atom stereocenters. The van der Waals surface area contributed by atoms with Crippen LogP contribution in [0.3, 0.4) is 0 Å². The van der Waals surface area contributed by atoms with E-state index in [-0.39, 0.29) is 12.5 Å². The lowest BCUT2D eigenvalue weighted by Gasteiger charge is -2.10. The fourth-order valence-electron chi connectivity index (χ4n) is 3.25. The van der Waals surface area contributed by atoms with Crippen LogP contribution in [0.5, 0.6) is 5.75 Å². The standard InChI is InChI=1S/C24H17N3O3/c28-22(15-29-20-8-3-6-16-5-1-2-7-19(16)20)26-18-12-10-17(11-13-18)24-27-23-21(30-24)9-4-14-25-23/h1-14H,15H2,(H,26,28). The van der Waals surface area contributed by atoms with E-state index in [0.717, 1.165) is 16.3 Å². The average molecular weight is 395 g/mol. The van der Waals surface area contributed by atoms with Crippen LogP contribution in [0.4, 0.5) is 5.69 Å². The van der Waals surface area contributed by atoms with Crippen LogP contribution in [-0.2, 0) is 4.79 Å². The first kappa shape index (κ1) is 17.9. The molecule has 0 saturated heterocycles. The molecule has 146 valence electrons. The minimum absolute atomic E-state index is 0.0768. The van der Waals surface area contributed by atoms with Gasteiger partial charge in [-0.3, -0.25) is 4.79 Å². The van der Waals surface area contributed by atoms with E-state index < -0.39 is 0 Å². The average Bonchev–Trinajstić information content (AvgIpc) is 3.22. The number of oxazole rings is 1. The molecule has 1 N–H and O–H groups in total. The number of hydrogen-bond donors (Lipinski definition) is 1. The maximum Gasteiger partial charge on any atom is 0.262 e. The Hall–Kier alpha value is -4.19. The van der Waals surface area contributed by atoms with E-state index in [4.69, 9.17) is 9.15 Å². The molecule has 0 saturated carbocycles. The fourth-order valence-corrected chi connectivity index (χ4v) is 3.25. The predicted octanol–water partition coefficient (Wildman–Crippen LogP) is 5.06. The number of hydrogen-bond acceptors (Lipinski definition) is 5. The molecule has 0 spiro atoms. The van der Waals surface area contributed by atoms with Crippen LogP contribution < -0.4 is 10.1 Å². The number of aromatic nitrogens is 2. The lowest BCUT2D eigenvalue weighted by atomic mass is 10.1. The number of benzene rings is 3. The smallest absolute Gasteiger partial charge is 0.262 e. The number of carbonyl (C=O) groups is 1. The highest BCUT2D eigenvalue weighted by Gasteiger charge is 2.10. The second kappa shape index (κ2) is 7.67. The van der Waals surface area contributed by atoms with Crippen molar-refractivity contribution in [3.05, 3.63) is 85.1 Å². The van der Waals surface area contributed by atoms with Gasteiger partial charge in [0.2, 0.25) is 5.89 Å². The zero-order valence-corrected chi connectivity index (χ0v) is 15.9. The number of nitrogens with zero attached hydrogens (tertiary/aromatic N) is 2. The van der Waals surface area contributed by atoms with Gasteiger partial charge in [0.25, 0.3) is 5.91 Å². The summed E-state index contributed by atoms with van der Waals surface area (Å²) in [6.07, 6.45) is 1.67. The zero-order chi connectivity index (χ0) is 20.3. The highest BCUT2D eigenvalue weighted by molar-refractivity contribution is 5.93. The van der Waals surface area contributed by atoms with Gasteiger partial charge in [0.1, 0.15) is 5.75 Å². The highest BCUT2D eigenvalue weighted by atomic mass is 16.5. The Labute approximate surface area is 172 Å². The number of anilines is 1. The summed E-state index contributed by atoms with van der Waals surface area (Å²) in [6.45, 7) is -0.0768. The molecule has 30 heavy (non-hydrogen) atoms. The first-order valence-corrected chi connectivity index (χ1v) is 9.49. The molecule has 0 aliphatic heterocycles. The number of nitrogens with one attached hydrogen (secondary N) is 1. The van der Waals surface area contributed by atoms with Gasteiger partial charge in [0.15, 0.2) is 17.8 Å². The van der Waals surface area contributed by atoms with Crippen LogP contribution in [0.1, 0.15) is 0 Å². The van der Waals surface area contributed by atoms with Crippen molar-refractivity contribution in [3.63, 3.8) is 0 Å². The first-order valence-electron chi connectivity index (χ1n) is 9.49. The molecule has 6 heteroatoms. The van der Waals surface area contributed by atoms with Crippen molar-refractivity contribution in [2.75, 3.05) is 11.9 Å². The molecule has 6 nitrogen and oxygen atoms in total. The van der Waals surface area contributed by atoms with Crippen molar-refractivity contribution in [2.45, 2.75) is 0 Å². The van der Waals surface area contributed by atoms with Gasteiger partial charge in [-0.05, 0) is 47.9 Å². The third-order valence-corrected chi connectivity index (χ3v) is 4.69. The maximum absolute atomic E-state index is 12.3. The number of ether oxygens (including phenoxy) is 1. The molecule has 0 aliphatic rings. The molecule has 5 rings (SSSR count). The van der Waals surface area contributed by atoms with E-state index in [1.54, 1.807) is 24.4 Å². The van der Waals surface area contributed by atoms with Gasteiger partial charge >= 0.3 is 0 Å². The van der Waals surface area contributed by atoms with Crippen molar-refractivity contribution in [1.82, 2.24) is 9.97 Å². The Bertz CT molecular complexity index is 1300. The molecular formula is C24H17N3O3. The number of rotatable bonds is 5. The van der Waals surface area contributed by atoms with E-state index in [1.807, 2.05) is 60.7 Å².